The summed E-state index contributed by atoms with van der Waals surface area (Å²) >= 11 is 11.8. The highest BCUT2D eigenvalue weighted by Crippen LogP contribution is 2.46. The molecule has 1 aromatic carbocycles. The van der Waals surface area contributed by atoms with Gasteiger partial charge in [0.1, 0.15) is 11.6 Å². The average Bonchev–Trinajstić information content (AvgIpc) is 2.57. The predicted octanol–water partition coefficient (Wildman–Crippen LogP) is 1.18. The highest BCUT2D eigenvalue weighted by molar-refractivity contribution is 6.38. The van der Waals surface area contributed by atoms with Gasteiger partial charge in [-0.15, -0.1) is 0 Å². The number of amides is 1. The molecule has 0 spiro atoms. The summed E-state index contributed by atoms with van der Waals surface area (Å²) in [4.78, 5) is 34.1. The molecular weight excluding hydrogens is 309 g/mol. The van der Waals surface area contributed by atoms with Gasteiger partial charge in [-0.3, -0.25) is 14.4 Å². The molecule has 0 bridgehead atoms. The number of hydrogen-bond donors (Lipinski definition) is 3. The maximum atomic E-state index is 12.4. The number of benzene rings is 1. The van der Waals surface area contributed by atoms with Crippen LogP contribution in [0.3, 0.4) is 0 Å². The lowest BCUT2D eigenvalue weighted by Gasteiger charge is -2.29. The number of fused-ring (bicyclic) bond motifs is 1. The van der Waals surface area contributed by atoms with Gasteiger partial charge < -0.3 is 15.5 Å². The Kier molecular flexibility index (Phi) is 3.73. The van der Waals surface area contributed by atoms with Gasteiger partial charge in [0.2, 0.25) is 6.41 Å². The number of rotatable bonds is 4. The van der Waals surface area contributed by atoms with Crippen molar-refractivity contribution in [3.63, 3.8) is 0 Å². The van der Waals surface area contributed by atoms with E-state index in [0.29, 0.717) is 0 Å². The Bertz CT molecular complexity index is 618. The summed E-state index contributed by atoms with van der Waals surface area (Å²) in [6, 6.07) is 2.75. The Labute approximate surface area is 123 Å². The van der Waals surface area contributed by atoms with Crippen molar-refractivity contribution in [1.29, 1.82) is 0 Å². The fraction of sp³-hybridized carbons (Fsp3) is 0.250. The van der Waals surface area contributed by atoms with Crippen LogP contribution in [0.2, 0.25) is 10.0 Å². The molecule has 106 valence electrons. The monoisotopic (exact) mass is 317 g/mol. The second-order valence-corrected chi connectivity index (χ2v) is 5.17. The number of carbonyl (C=O) groups is 3. The van der Waals surface area contributed by atoms with Gasteiger partial charge in [0.05, 0.1) is 11.4 Å². The average molecular weight is 318 g/mol. The van der Waals surface area contributed by atoms with Crippen LogP contribution in [-0.4, -0.2) is 33.9 Å². The normalized spacial score (nSPS) is 24.4. The standard InChI is InChI=1S/C12H9Cl2NO5/c13-5-1-2-6(14)9-8(5)10(19)12(11(9)20,15-4-16)3-7(17)18/h1-2,4,10,19H,3H2,(H,15,16)(H,17,18). The number of Topliss-reactive ketones (excluding diaryl/α,β-unsaturated/α-hetero) is 1. The summed E-state index contributed by atoms with van der Waals surface area (Å²) in [5, 5.41) is 21.5. The van der Waals surface area contributed by atoms with E-state index < -0.39 is 29.8 Å². The quantitative estimate of drug-likeness (QED) is 0.723. The van der Waals surface area contributed by atoms with Crippen molar-refractivity contribution in [2.75, 3.05) is 0 Å². The molecule has 1 aliphatic carbocycles. The molecule has 3 N–H and O–H groups in total. The summed E-state index contributed by atoms with van der Waals surface area (Å²) in [6.07, 6.45) is -2.21. The Morgan fingerprint density at radius 2 is 2.00 bits per heavy atom. The van der Waals surface area contributed by atoms with Gasteiger partial charge >= 0.3 is 5.97 Å². The molecule has 0 fully saturated rings. The van der Waals surface area contributed by atoms with Crippen LogP contribution in [0.5, 0.6) is 0 Å². The Hall–Kier alpha value is -1.63. The van der Waals surface area contributed by atoms with Gasteiger partial charge in [0.25, 0.3) is 0 Å². The third-order valence-electron chi connectivity index (χ3n) is 3.26. The van der Waals surface area contributed by atoms with Crippen LogP contribution in [0.4, 0.5) is 0 Å². The van der Waals surface area contributed by atoms with Crippen LogP contribution in [-0.2, 0) is 9.59 Å². The smallest absolute Gasteiger partial charge is 0.306 e. The van der Waals surface area contributed by atoms with Crippen molar-refractivity contribution >= 4 is 41.4 Å². The first-order valence-electron chi connectivity index (χ1n) is 5.49. The maximum Gasteiger partial charge on any atom is 0.306 e. The van der Waals surface area contributed by atoms with Gasteiger partial charge in [-0.1, -0.05) is 23.2 Å². The zero-order valence-electron chi connectivity index (χ0n) is 9.89. The highest BCUT2D eigenvalue weighted by Gasteiger charge is 2.55. The lowest BCUT2D eigenvalue weighted by Crippen LogP contribution is -2.53. The van der Waals surface area contributed by atoms with Crippen LogP contribution in [0.1, 0.15) is 28.4 Å². The molecule has 0 heterocycles. The van der Waals surface area contributed by atoms with E-state index in [2.05, 4.69) is 5.32 Å². The van der Waals surface area contributed by atoms with Gasteiger partial charge in [0, 0.05) is 16.1 Å². The van der Waals surface area contributed by atoms with Crippen LogP contribution < -0.4 is 5.32 Å². The number of nitrogens with one attached hydrogen (secondary N) is 1. The zero-order valence-corrected chi connectivity index (χ0v) is 11.4. The molecule has 0 aromatic heterocycles. The molecule has 1 aromatic rings. The number of halogens is 2. The van der Waals surface area contributed by atoms with E-state index in [4.69, 9.17) is 28.3 Å². The molecule has 0 aliphatic heterocycles. The number of carboxylic acid groups (broad SMARTS) is 1. The number of carbonyl (C=O) groups excluding carboxylic acids is 2. The van der Waals surface area contributed by atoms with E-state index in [0.717, 1.165) is 0 Å². The molecule has 6 nitrogen and oxygen atoms in total. The first-order valence-corrected chi connectivity index (χ1v) is 6.24. The maximum absolute atomic E-state index is 12.4. The zero-order chi connectivity index (χ0) is 15.1. The lowest BCUT2D eigenvalue weighted by molar-refractivity contribution is -0.139. The number of hydrogen-bond acceptors (Lipinski definition) is 4. The minimum atomic E-state index is -2.00. The molecule has 20 heavy (non-hydrogen) atoms. The number of aliphatic hydroxyl groups is 1. The van der Waals surface area contributed by atoms with E-state index >= 15 is 0 Å². The molecule has 1 amide bonds. The fourth-order valence-electron chi connectivity index (χ4n) is 2.38. The minimum absolute atomic E-state index is 0.0276. The second-order valence-electron chi connectivity index (χ2n) is 4.35. The number of ketones is 1. The minimum Gasteiger partial charge on any atom is -0.481 e. The molecule has 2 rings (SSSR count). The van der Waals surface area contributed by atoms with Gasteiger partial charge in [-0.2, -0.15) is 0 Å². The van der Waals surface area contributed by atoms with E-state index in [1.165, 1.54) is 12.1 Å². The van der Waals surface area contributed by atoms with Crippen molar-refractivity contribution < 1.29 is 24.6 Å². The van der Waals surface area contributed by atoms with Gasteiger partial charge in [0.15, 0.2) is 5.78 Å². The summed E-state index contributed by atoms with van der Waals surface area (Å²) in [7, 11) is 0. The molecule has 2 atom stereocenters. The van der Waals surface area contributed by atoms with E-state index in [9.17, 15) is 19.5 Å². The van der Waals surface area contributed by atoms with Gasteiger partial charge in [-0.25, -0.2) is 0 Å². The molecule has 0 radical (unpaired) electrons. The van der Waals surface area contributed by atoms with E-state index in [-0.39, 0.29) is 27.6 Å². The first-order chi connectivity index (χ1) is 9.35. The third kappa shape index (κ3) is 1.96. The van der Waals surface area contributed by atoms with Gasteiger partial charge in [-0.05, 0) is 12.1 Å². The van der Waals surface area contributed by atoms with Crippen molar-refractivity contribution in [3.8, 4) is 0 Å². The predicted molar refractivity (Wildman–Crippen MR) is 69.9 cm³/mol. The largest absolute Gasteiger partial charge is 0.481 e. The molecule has 1 aliphatic rings. The molecular formula is C12H9Cl2NO5. The number of carboxylic acids is 1. The van der Waals surface area contributed by atoms with Crippen LogP contribution in [0, 0.1) is 0 Å². The molecule has 0 saturated heterocycles. The number of aliphatic hydroxyl groups excluding tert-OH is 1. The first kappa shape index (κ1) is 14.8. The Morgan fingerprint density at radius 3 is 2.50 bits per heavy atom. The summed E-state index contributed by atoms with van der Waals surface area (Å²) in [5.74, 6) is -2.13. The summed E-state index contributed by atoms with van der Waals surface area (Å²) in [5.41, 5.74) is -2.04. The fourth-order valence-corrected chi connectivity index (χ4v) is 2.89. The Morgan fingerprint density at radius 1 is 1.40 bits per heavy atom. The molecule has 0 saturated carbocycles. The van der Waals surface area contributed by atoms with Crippen LogP contribution in [0.15, 0.2) is 12.1 Å². The second kappa shape index (κ2) is 5.05. The van der Waals surface area contributed by atoms with E-state index in [1.54, 1.807) is 0 Å². The third-order valence-corrected chi connectivity index (χ3v) is 3.91. The van der Waals surface area contributed by atoms with Crippen LogP contribution in [0.25, 0.3) is 0 Å². The lowest BCUT2D eigenvalue weighted by atomic mass is 9.88. The van der Waals surface area contributed by atoms with Crippen molar-refractivity contribution in [2.24, 2.45) is 0 Å². The topological polar surface area (TPSA) is 104 Å². The van der Waals surface area contributed by atoms with E-state index in [1.807, 2.05) is 0 Å². The molecule has 2 unspecified atom stereocenters. The van der Waals surface area contributed by atoms with Crippen molar-refractivity contribution in [1.82, 2.24) is 5.32 Å². The van der Waals surface area contributed by atoms with Crippen LogP contribution >= 0.6 is 23.2 Å². The van der Waals surface area contributed by atoms with Crippen molar-refractivity contribution in [2.45, 2.75) is 18.1 Å². The summed E-state index contributed by atoms with van der Waals surface area (Å²) < 4.78 is 0. The Balaban J connectivity index is 2.67. The van der Waals surface area contributed by atoms with Crippen molar-refractivity contribution in [3.05, 3.63) is 33.3 Å². The highest BCUT2D eigenvalue weighted by atomic mass is 35.5. The molecule has 8 heteroatoms. The number of aliphatic carboxylic acids is 1. The SMILES string of the molecule is O=CNC1(CC(=O)O)C(=O)c2c(Cl)ccc(Cl)c2C1O. The summed E-state index contributed by atoms with van der Waals surface area (Å²) in [6.45, 7) is 0.